The first-order chi connectivity index (χ1) is 6.65. The predicted octanol–water partition coefficient (Wildman–Crippen LogP) is 0.277. The zero-order valence-corrected chi connectivity index (χ0v) is 8.79. The van der Waals surface area contributed by atoms with E-state index < -0.39 is 0 Å². The minimum absolute atomic E-state index is 0.00968. The van der Waals surface area contributed by atoms with Crippen LogP contribution < -0.4 is 10.6 Å². The van der Waals surface area contributed by atoms with Crippen LogP contribution >= 0.6 is 0 Å². The number of aryl methyl sites for hydroxylation is 1. The third-order valence-corrected chi connectivity index (χ3v) is 2.11. The van der Waals surface area contributed by atoms with Gasteiger partial charge in [0.05, 0.1) is 17.6 Å². The van der Waals surface area contributed by atoms with E-state index in [-0.39, 0.29) is 5.91 Å². The van der Waals surface area contributed by atoms with E-state index in [0.29, 0.717) is 13.0 Å². The Morgan fingerprint density at radius 1 is 1.64 bits per heavy atom. The zero-order valence-electron chi connectivity index (χ0n) is 8.79. The number of amides is 1. The van der Waals surface area contributed by atoms with Gasteiger partial charge in [-0.2, -0.15) is 5.10 Å². The lowest BCUT2D eigenvalue weighted by Crippen LogP contribution is -2.18. The van der Waals surface area contributed by atoms with E-state index in [1.165, 1.54) is 0 Å². The summed E-state index contributed by atoms with van der Waals surface area (Å²) >= 11 is 0. The number of carbonyl (C=O) groups is 1. The van der Waals surface area contributed by atoms with Crippen LogP contribution in [0.3, 0.4) is 0 Å². The Hall–Kier alpha value is -1.36. The van der Waals surface area contributed by atoms with Crippen molar-refractivity contribution in [2.75, 3.05) is 18.9 Å². The Balaban J connectivity index is 2.52. The van der Waals surface area contributed by atoms with Crippen molar-refractivity contribution in [3.8, 4) is 0 Å². The van der Waals surface area contributed by atoms with Gasteiger partial charge in [0.1, 0.15) is 0 Å². The van der Waals surface area contributed by atoms with Crippen LogP contribution in [-0.2, 0) is 11.8 Å². The van der Waals surface area contributed by atoms with Crippen molar-refractivity contribution in [3.63, 3.8) is 0 Å². The molecule has 0 atom stereocenters. The summed E-state index contributed by atoms with van der Waals surface area (Å²) in [7, 11) is 3.67. The number of carbonyl (C=O) groups excluding carboxylic acids is 1. The van der Waals surface area contributed by atoms with Crippen LogP contribution in [0.2, 0.25) is 0 Å². The van der Waals surface area contributed by atoms with Gasteiger partial charge in [-0.15, -0.1) is 0 Å². The maximum atomic E-state index is 11.3. The van der Waals surface area contributed by atoms with Crippen LogP contribution in [0.15, 0.2) is 6.20 Å². The van der Waals surface area contributed by atoms with Gasteiger partial charge >= 0.3 is 0 Å². The summed E-state index contributed by atoms with van der Waals surface area (Å²) in [6.45, 7) is 2.60. The van der Waals surface area contributed by atoms with E-state index in [9.17, 15) is 4.79 Å². The van der Waals surface area contributed by atoms with Crippen molar-refractivity contribution in [2.45, 2.75) is 13.3 Å². The topological polar surface area (TPSA) is 59.0 Å². The first-order valence-corrected chi connectivity index (χ1v) is 4.58. The molecule has 0 saturated heterocycles. The summed E-state index contributed by atoms with van der Waals surface area (Å²) in [5.41, 5.74) is 1.75. The van der Waals surface area contributed by atoms with Gasteiger partial charge in [-0.25, -0.2) is 0 Å². The van der Waals surface area contributed by atoms with E-state index in [4.69, 9.17) is 0 Å². The van der Waals surface area contributed by atoms with E-state index in [1.807, 2.05) is 21.0 Å². The number of rotatable bonds is 4. The molecule has 0 fully saturated rings. The molecule has 78 valence electrons. The Bertz CT molecular complexity index is 319. The predicted molar refractivity (Wildman–Crippen MR) is 55.1 cm³/mol. The van der Waals surface area contributed by atoms with Crippen LogP contribution in [0.5, 0.6) is 0 Å². The lowest BCUT2D eigenvalue weighted by Gasteiger charge is -2.03. The molecule has 5 nitrogen and oxygen atoms in total. The Morgan fingerprint density at radius 2 is 2.36 bits per heavy atom. The molecule has 0 aliphatic heterocycles. The van der Waals surface area contributed by atoms with Crippen LogP contribution in [0.25, 0.3) is 0 Å². The average molecular weight is 196 g/mol. The fourth-order valence-corrected chi connectivity index (χ4v) is 1.07. The number of nitrogens with one attached hydrogen (secondary N) is 2. The molecule has 0 aliphatic rings. The van der Waals surface area contributed by atoms with Gasteiger partial charge in [0.2, 0.25) is 5.91 Å². The summed E-state index contributed by atoms with van der Waals surface area (Å²) in [6.07, 6.45) is 2.14. The van der Waals surface area contributed by atoms with Gasteiger partial charge in [0, 0.05) is 20.0 Å². The first-order valence-electron chi connectivity index (χ1n) is 4.58. The summed E-state index contributed by atoms with van der Waals surface area (Å²) in [5, 5.41) is 9.76. The molecular formula is C9H16N4O. The molecule has 1 aromatic heterocycles. The van der Waals surface area contributed by atoms with Crippen molar-refractivity contribution >= 4 is 11.6 Å². The van der Waals surface area contributed by atoms with Gasteiger partial charge in [0.25, 0.3) is 0 Å². The van der Waals surface area contributed by atoms with Crippen molar-refractivity contribution < 1.29 is 4.79 Å². The number of anilines is 1. The molecule has 1 heterocycles. The third kappa shape index (κ3) is 2.56. The van der Waals surface area contributed by atoms with Gasteiger partial charge in [-0.05, 0) is 14.0 Å². The Labute approximate surface area is 83.5 Å². The molecule has 0 aromatic carbocycles. The highest BCUT2D eigenvalue weighted by Crippen LogP contribution is 2.11. The SMILES string of the molecule is CNCCC(=O)Nc1cnn(C)c1C. The standard InChI is InChI=1S/C9H16N4O/c1-7-8(6-11-13(7)3)12-9(14)4-5-10-2/h6,10H,4-5H2,1-3H3,(H,12,14). The first kappa shape index (κ1) is 10.7. The highest BCUT2D eigenvalue weighted by Gasteiger charge is 2.06. The molecular weight excluding hydrogens is 180 g/mol. The number of hydrogen-bond acceptors (Lipinski definition) is 3. The third-order valence-electron chi connectivity index (χ3n) is 2.11. The monoisotopic (exact) mass is 196 g/mol. The van der Waals surface area contributed by atoms with Gasteiger partial charge < -0.3 is 10.6 Å². The van der Waals surface area contributed by atoms with Gasteiger partial charge in [0.15, 0.2) is 0 Å². The molecule has 1 rings (SSSR count). The summed E-state index contributed by atoms with van der Waals surface area (Å²) in [4.78, 5) is 11.3. The van der Waals surface area contributed by atoms with Crippen LogP contribution in [0.4, 0.5) is 5.69 Å². The Kier molecular flexibility index (Phi) is 3.64. The highest BCUT2D eigenvalue weighted by atomic mass is 16.1. The van der Waals surface area contributed by atoms with Crippen LogP contribution in [-0.4, -0.2) is 29.3 Å². The van der Waals surface area contributed by atoms with Crippen molar-refractivity contribution in [2.24, 2.45) is 7.05 Å². The second-order valence-electron chi connectivity index (χ2n) is 3.17. The molecule has 1 aromatic rings. The van der Waals surface area contributed by atoms with E-state index in [2.05, 4.69) is 15.7 Å². The van der Waals surface area contributed by atoms with Crippen LogP contribution in [0, 0.1) is 6.92 Å². The lowest BCUT2D eigenvalue weighted by atomic mass is 10.3. The fourth-order valence-electron chi connectivity index (χ4n) is 1.07. The van der Waals surface area contributed by atoms with E-state index in [0.717, 1.165) is 11.4 Å². The zero-order chi connectivity index (χ0) is 10.6. The molecule has 0 bridgehead atoms. The molecule has 14 heavy (non-hydrogen) atoms. The molecule has 0 spiro atoms. The van der Waals surface area contributed by atoms with Gasteiger partial charge in [-0.3, -0.25) is 9.48 Å². The summed E-state index contributed by atoms with van der Waals surface area (Å²) < 4.78 is 1.73. The Morgan fingerprint density at radius 3 is 2.86 bits per heavy atom. The second-order valence-corrected chi connectivity index (χ2v) is 3.17. The lowest BCUT2D eigenvalue weighted by molar-refractivity contribution is -0.116. The van der Waals surface area contributed by atoms with Crippen molar-refractivity contribution in [1.29, 1.82) is 0 Å². The minimum atomic E-state index is 0.00968. The minimum Gasteiger partial charge on any atom is -0.323 e. The average Bonchev–Trinajstić information content (AvgIpc) is 2.46. The largest absolute Gasteiger partial charge is 0.323 e. The smallest absolute Gasteiger partial charge is 0.225 e. The second kappa shape index (κ2) is 4.76. The molecule has 2 N–H and O–H groups in total. The fraction of sp³-hybridized carbons (Fsp3) is 0.556. The van der Waals surface area contributed by atoms with Gasteiger partial charge in [-0.1, -0.05) is 0 Å². The molecule has 0 aliphatic carbocycles. The molecule has 0 saturated carbocycles. The molecule has 0 unspecified atom stereocenters. The highest BCUT2D eigenvalue weighted by molar-refractivity contribution is 5.91. The van der Waals surface area contributed by atoms with E-state index in [1.54, 1.807) is 10.9 Å². The number of hydrogen-bond donors (Lipinski definition) is 2. The van der Waals surface area contributed by atoms with Crippen LogP contribution in [0.1, 0.15) is 12.1 Å². The normalized spacial score (nSPS) is 10.2. The maximum Gasteiger partial charge on any atom is 0.225 e. The molecule has 0 radical (unpaired) electrons. The van der Waals surface area contributed by atoms with Crippen molar-refractivity contribution in [1.82, 2.24) is 15.1 Å². The molecule has 1 amide bonds. The van der Waals surface area contributed by atoms with Crippen molar-refractivity contribution in [3.05, 3.63) is 11.9 Å². The summed E-state index contributed by atoms with van der Waals surface area (Å²) in [6, 6.07) is 0. The van der Waals surface area contributed by atoms with E-state index >= 15 is 0 Å². The summed E-state index contributed by atoms with van der Waals surface area (Å²) in [5.74, 6) is 0.00968. The quantitative estimate of drug-likeness (QED) is 0.727. The number of nitrogens with zero attached hydrogens (tertiary/aromatic N) is 2. The number of aromatic nitrogens is 2. The maximum absolute atomic E-state index is 11.3. The molecule has 5 heteroatoms.